The van der Waals surface area contributed by atoms with Gasteiger partial charge in [0.05, 0.1) is 24.3 Å². The van der Waals surface area contributed by atoms with Crippen molar-refractivity contribution in [2.45, 2.75) is 10.8 Å². The number of quaternary nitrogens is 1. The fourth-order valence-corrected chi connectivity index (χ4v) is 4.00. The van der Waals surface area contributed by atoms with Gasteiger partial charge in [-0.1, -0.05) is 11.8 Å². The summed E-state index contributed by atoms with van der Waals surface area (Å²) in [6.45, 7) is 0. The Hall–Kier alpha value is -0.870. The second kappa shape index (κ2) is 7.14. The molecule has 2 aromatic rings. The monoisotopic (exact) mass is 365 g/mol. The highest BCUT2D eigenvalue weighted by atomic mass is 32.2. The van der Waals surface area contributed by atoms with Crippen LogP contribution in [0.15, 0.2) is 34.7 Å². The topological polar surface area (TPSA) is 50.2 Å². The third-order valence-corrected chi connectivity index (χ3v) is 6.21. The average molecular weight is 365 g/mol. The van der Waals surface area contributed by atoms with E-state index in [1.165, 1.54) is 23.1 Å². The number of hydrogen-bond acceptors (Lipinski definition) is 4. The van der Waals surface area contributed by atoms with Crippen molar-refractivity contribution in [2.75, 3.05) is 19.8 Å². The summed E-state index contributed by atoms with van der Waals surface area (Å²) in [4.78, 5) is 4.45. The minimum absolute atomic E-state index is 0.170. The zero-order valence-corrected chi connectivity index (χ0v) is 14.4. The molecule has 1 aromatic heterocycles. The minimum atomic E-state index is -2.04. The van der Waals surface area contributed by atoms with Gasteiger partial charge in [0.15, 0.2) is 4.34 Å². The fourth-order valence-electron chi connectivity index (χ4n) is 1.70. The van der Waals surface area contributed by atoms with Gasteiger partial charge in [-0.15, -0.1) is 11.3 Å². The Bertz CT molecular complexity index is 727. The van der Waals surface area contributed by atoms with Crippen LogP contribution in [0.1, 0.15) is 6.42 Å². The lowest BCUT2D eigenvalue weighted by Gasteiger charge is -2.22. The van der Waals surface area contributed by atoms with E-state index in [4.69, 9.17) is 0 Å². The molecule has 0 saturated carbocycles. The van der Waals surface area contributed by atoms with Crippen LogP contribution in [-0.4, -0.2) is 33.6 Å². The number of fused-ring (bicyclic) bond motifs is 1. The highest BCUT2D eigenvalue weighted by molar-refractivity contribution is 8.01. The maximum atomic E-state index is 11.9. The summed E-state index contributed by atoms with van der Waals surface area (Å²) in [7, 11) is 3.27. The second-order valence-corrected chi connectivity index (χ2v) is 8.59. The molecule has 1 heterocycles. The number of rotatable bonds is 6. The van der Waals surface area contributed by atoms with Crippen LogP contribution in [-0.2, 0) is 11.3 Å². The number of allylic oxidation sites excluding steroid dienone is 1. The lowest BCUT2D eigenvalue weighted by Crippen LogP contribution is -2.41. The summed E-state index contributed by atoms with van der Waals surface area (Å²) in [5, 5.41) is 0. The predicted molar refractivity (Wildman–Crippen MR) is 89.7 cm³/mol. The number of thioether (sulfide) groups is 1. The van der Waals surface area contributed by atoms with E-state index >= 15 is 0 Å². The third kappa shape index (κ3) is 4.11. The largest absolute Gasteiger partial charge is 0.363 e. The van der Waals surface area contributed by atoms with Gasteiger partial charge in [0.25, 0.3) is 6.08 Å². The van der Waals surface area contributed by atoms with Gasteiger partial charge in [0, 0.05) is 17.9 Å². The third-order valence-electron chi connectivity index (χ3n) is 3.01. The van der Waals surface area contributed by atoms with Crippen molar-refractivity contribution in [2.24, 2.45) is 0 Å². The lowest BCUT2D eigenvalue weighted by molar-refractivity contribution is 0.418. The molecule has 0 spiro atoms. The zero-order valence-electron chi connectivity index (χ0n) is 12.0. The molecule has 0 fully saturated rings. The Labute approximate surface area is 137 Å². The fraction of sp³-hybridized carbons (Fsp3) is 0.308. The van der Waals surface area contributed by atoms with Gasteiger partial charge in [0.2, 0.25) is 0 Å². The number of aromatic nitrogens is 1. The van der Waals surface area contributed by atoms with Crippen molar-refractivity contribution in [1.82, 2.24) is 8.87 Å². The molecule has 0 saturated heterocycles. The molecule has 120 valence electrons. The molecule has 0 radical (unpaired) electrons. The summed E-state index contributed by atoms with van der Waals surface area (Å²) >= 11 is 0.862. The van der Waals surface area contributed by atoms with E-state index in [0.717, 1.165) is 20.6 Å². The van der Waals surface area contributed by atoms with Gasteiger partial charge >= 0.3 is 11.3 Å². The van der Waals surface area contributed by atoms with Crippen LogP contribution < -0.4 is 3.89 Å². The van der Waals surface area contributed by atoms with E-state index in [0.29, 0.717) is 17.9 Å². The second-order valence-electron chi connectivity index (χ2n) is 4.84. The number of halogens is 2. The molecule has 4 nitrogen and oxygen atoms in total. The van der Waals surface area contributed by atoms with E-state index in [-0.39, 0.29) is 3.89 Å². The van der Waals surface area contributed by atoms with Crippen LogP contribution in [0.3, 0.4) is 0 Å². The van der Waals surface area contributed by atoms with Crippen molar-refractivity contribution in [3.63, 3.8) is 0 Å². The van der Waals surface area contributed by atoms with Gasteiger partial charge in [0.1, 0.15) is 5.69 Å². The highest BCUT2D eigenvalue weighted by Gasteiger charge is 2.27. The van der Waals surface area contributed by atoms with E-state index in [2.05, 4.69) is 4.98 Å². The summed E-state index contributed by atoms with van der Waals surface area (Å²) in [5.74, 6) is 0.534. The van der Waals surface area contributed by atoms with E-state index in [1.54, 1.807) is 26.2 Å². The van der Waals surface area contributed by atoms with Crippen molar-refractivity contribution in [3.05, 3.63) is 30.4 Å². The van der Waals surface area contributed by atoms with Gasteiger partial charge in [-0.3, -0.25) is 4.55 Å². The zero-order chi connectivity index (χ0) is 16.3. The summed E-state index contributed by atoms with van der Waals surface area (Å²) in [6, 6.07) is 5.44. The molecular formula is C13H15F2N2O2S3+. The average Bonchev–Trinajstić information content (AvgIpc) is 2.84. The molecule has 0 bridgehead atoms. The Morgan fingerprint density at radius 2 is 2.23 bits per heavy atom. The molecule has 0 aliphatic rings. The molecule has 0 aliphatic carbocycles. The SMILES string of the molecule is C[N+](C)(c1ccc2sc(SCCC=C(F)F)nc2c1)S(=O)O. The first-order valence-electron chi connectivity index (χ1n) is 6.31. The van der Waals surface area contributed by atoms with Crippen molar-refractivity contribution in [1.29, 1.82) is 0 Å². The van der Waals surface area contributed by atoms with Crippen LogP contribution in [0.4, 0.5) is 14.5 Å². The molecule has 0 aliphatic heterocycles. The normalized spacial score (nSPS) is 13.3. The standard InChI is InChI=1S/C13H14F2N2O2S3/c1-17(2,22(18)19)9-5-6-11-10(8-9)16-13(21-11)20-7-3-4-12(14)15/h4-6,8H,3,7H2,1-2H3/p+1. The number of nitrogens with zero attached hydrogens (tertiary/aromatic N) is 2. The van der Waals surface area contributed by atoms with Crippen LogP contribution in [0.2, 0.25) is 0 Å². The summed E-state index contributed by atoms with van der Waals surface area (Å²) in [6.07, 6.45) is -0.470. The first-order valence-corrected chi connectivity index (χ1v) is 9.18. The number of benzene rings is 1. The van der Waals surface area contributed by atoms with E-state index < -0.39 is 17.3 Å². The molecule has 9 heteroatoms. The van der Waals surface area contributed by atoms with E-state index in [9.17, 15) is 17.5 Å². The van der Waals surface area contributed by atoms with Crippen LogP contribution >= 0.6 is 23.1 Å². The molecule has 1 unspecified atom stereocenters. The molecule has 0 amide bonds. The molecule has 1 atom stereocenters. The highest BCUT2D eigenvalue weighted by Crippen LogP contribution is 2.33. The van der Waals surface area contributed by atoms with Gasteiger partial charge < -0.3 is 0 Å². The first kappa shape index (κ1) is 17.5. The van der Waals surface area contributed by atoms with Gasteiger partial charge in [-0.25, -0.2) is 4.98 Å². The number of hydrogen-bond donors (Lipinski definition) is 1. The van der Waals surface area contributed by atoms with Crippen molar-refractivity contribution < 1.29 is 17.5 Å². The first-order chi connectivity index (χ1) is 10.3. The molecule has 1 N–H and O–H groups in total. The van der Waals surface area contributed by atoms with Crippen molar-refractivity contribution in [3.8, 4) is 0 Å². The van der Waals surface area contributed by atoms with Crippen LogP contribution in [0, 0.1) is 0 Å². The predicted octanol–water partition coefficient (Wildman–Crippen LogP) is 4.26. The number of thiazole rings is 1. The van der Waals surface area contributed by atoms with E-state index in [1.807, 2.05) is 6.07 Å². The molecular weight excluding hydrogens is 350 g/mol. The Balaban J connectivity index is 2.17. The van der Waals surface area contributed by atoms with Gasteiger partial charge in [-0.2, -0.15) is 16.9 Å². The van der Waals surface area contributed by atoms with Crippen molar-refractivity contribution >= 4 is 50.3 Å². The van der Waals surface area contributed by atoms with Crippen LogP contribution in [0.25, 0.3) is 10.2 Å². The Morgan fingerprint density at radius 1 is 1.50 bits per heavy atom. The Kier molecular flexibility index (Phi) is 5.67. The molecule has 1 aromatic carbocycles. The summed E-state index contributed by atoms with van der Waals surface area (Å²) in [5.41, 5.74) is 1.42. The Morgan fingerprint density at radius 3 is 2.86 bits per heavy atom. The maximum Gasteiger partial charge on any atom is 0.363 e. The minimum Gasteiger partial charge on any atom is -0.260 e. The molecule has 2 rings (SSSR count). The summed E-state index contributed by atoms with van der Waals surface area (Å²) < 4.78 is 46.2. The smallest absolute Gasteiger partial charge is 0.260 e. The quantitative estimate of drug-likeness (QED) is 0.360. The maximum absolute atomic E-state index is 11.9. The lowest BCUT2D eigenvalue weighted by atomic mass is 10.3. The van der Waals surface area contributed by atoms with Crippen LogP contribution in [0.5, 0.6) is 0 Å². The molecule has 22 heavy (non-hydrogen) atoms. The van der Waals surface area contributed by atoms with Gasteiger partial charge in [-0.05, 0) is 18.6 Å².